The number of benzene rings is 2. The van der Waals surface area contributed by atoms with Gasteiger partial charge in [-0.15, -0.1) is 0 Å². The molecule has 0 bridgehead atoms. The average Bonchev–Trinajstić information content (AvgIpc) is 2.66. The molecule has 2 aromatic rings. The largest absolute Gasteiger partial charge is 0.497 e. The summed E-state index contributed by atoms with van der Waals surface area (Å²) in [6.07, 6.45) is 0.337. The minimum absolute atomic E-state index is 0.166. The molecule has 0 aliphatic carbocycles. The minimum Gasteiger partial charge on any atom is -0.497 e. The van der Waals surface area contributed by atoms with Crippen LogP contribution in [0.4, 0.5) is 5.69 Å². The first kappa shape index (κ1) is 20.4. The molecule has 0 saturated carbocycles. The number of ether oxygens (including phenoxy) is 1. The molecule has 0 aromatic heterocycles. The van der Waals surface area contributed by atoms with E-state index in [1.807, 2.05) is 0 Å². The van der Waals surface area contributed by atoms with Crippen molar-refractivity contribution < 1.29 is 33.0 Å². The van der Waals surface area contributed by atoms with Gasteiger partial charge in [0.2, 0.25) is 6.41 Å². The monoisotopic (exact) mass is 393 g/mol. The number of carbonyl (C=O) groups is 2. The number of nitrogens with zero attached hydrogens (tertiary/aromatic N) is 1. The summed E-state index contributed by atoms with van der Waals surface area (Å²) in [5.41, 5.74) is -2.37. The van der Waals surface area contributed by atoms with Crippen molar-refractivity contribution in [3.8, 4) is 5.75 Å². The van der Waals surface area contributed by atoms with Crippen LogP contribution in [0.5, 0.6) is 5.75 Å². The number of hydrogen-bond donors (Lipinski definition) is 2. The van der Waals surface area contributed by atoms with Crippen molar-refractivity contribution in [2.45, 2.75) is 10.5 Å². The van der Waals surface area contributed by atoms with Gasteiger partial charge in [0.25, 0.3) is 0 Å². The highest BCUT2D eigenvalue weighted by atomic mass is 32.2. The van der Waals surface area contributed by atoms with E-state index in [0.29, 0.717) is 17.8 Å². The lowest BCUT2D eigenvalue weighted by atomic mass is 10.1. The number of para-hydroxylation sites is 1. The van der Waals surface area contributed by atoms with Crippen molar-refractivity contribution in [2.24, 2.45) is 0 Å². The summed E-state index contributed by atoms with van der Waals surface area (Å²) < 4.78 is 30.1. The molecule has 1 atom stereocenters. The molecule has 1 amide bonds. The van der Waals surface area contributed by atoms with Gasteiger partial charge in [-0.1, -0.05) is 18.2 Å². The van der Waals surface area contributed by atoms with E-state index in [1.54, 1.807) is 18.2 Å². The smallest absolute Gasteiger partial charge is 0.338 e. The van der Waals surface area contributed by atoms with E-state index >= 15 is 0 Å². The van der Waals surface area contributed by atoms with Gasteiger partial charge < -0.3 is 19.8 Å². The molecule has 0 fully saturated rings. The Morgan fingerprint density at radius 2 is 1.74 bits per heavy atom. The van der Waals surface area contributed by atoms with Gasteiger partial charge >= 0.3 is 5.97 Å². The van der Waals surface area contributed by atoms with Crippen molar-refractivity contribution >= 4 is 27.9 Å². The van der Waals surface area contributed by atoms with E-state index < -0.39 is 33.7 Å². The highest BCUT2D eigenvalue weighted by Crippen LogP contribution is 2.22. The Hall–Kier alpha value is -2.91. The Labute approximate surface area is 156 Å². The molecule has 2 rings (SSSR count). The molecule has 2 N–H and O–H groups in total. The summed E-state index contributed by atoms with van der Waals surface area (Å²) >= 11 is 0. The molecule has 27 heavy (non-hydrogen) atoms. The number of carbonyl (C=O) groups excluding carboxylic acids is 1. The van der Waals surface area contributed by atoms with Gasteiger partial charge in [0, 0.05) is 5.69 Å². The standard InChI is InChI=1S/C18H19NO7S/c1-26-15-7-9-16(10-8-15)27(24,25)12-18(23,17(21)22)11-19(13-20)14-5-3-2-4-6-14/h2-10,13,23H,11-12H2,1H3,(H,21,22). The summed E-state index contributed by atoms with van der Waals surface area (Å²) in [5.74, 6) is -2.42. The van der Waals surface area contributed by atoms with Crippen LogP contribution in [0.25, 0.3) is 0 Å². The van der Waals surface area contributed by atoms with Crippen LogP contribution in [0.2, 0.25) is 0 Å². The first-order valence-corrected chi connectivity index (χ1v) is 9.47. The quantitative estimate of drug-likeness (QED) is 0.608. The number of hydrogen-bond acceptors (Lipinski definition) is 6. The molecule has 0 spiro atoms. The molecule has 2 aromatic carbocycles. The number of rotatable bonds is 9. The maximum absolute atomic E-state index is 12.6. The normalized spacial score (nSPS) is 13.4. The SMILES string of the molecule is COc1ccc(S(=O)(=O)CC(O)(CN(C=O)c2ccccc2)C(=O)O)cc1. The van der Waals surface area contributed by atoms with Crippen LogP contribution in [0.15, 0.2) is 59.5 Å². The molecule has 0 aliphatic rings. The zero-order valence-electron chi connectivity index (χ0n) is 14.5. The molecule has 144 valence electrons. The maximum Gasteiger partial charge on any atom is 0.338 e. The summed E-state index contributed by atoms with van der Waals surface area (Å²) in [7, 11) is -2.73. The lowest BCUT2D eigenvalue weighted by Gasteiger charge is -2.28. The van der Waals surface area contributed by atoms with E-state index in [-0.39, 0.29) is 4.90 Å². The molecule has 0 aliphatic heterocycles. The van der Waals surface area contributed by atoms with Gasteiger partial charge in [-0.05, 0) is 36.4 Å². The summed E-state index contributed by atoms with van der Waals surface area (Å²) in [6, 6.07) is 13.4. The Bertz CT molecular complexity index is 897. The van der Waals surface area contributed by atoms with Crippen LogP contribution in [0, 0.1) is 0 Å². The molecule has 9 heteroatoms. The van der Waals surface area contributed by atoms with Crippen LogP contribution >= 0.6 is 0 Å². The van der Waals surface area contributed by atoms with Gasteiger partial charge in [0.05, 0.1) is 24.3 Å². The Morgan fingerprint density at radius 1 is 1.15 bits per heavy atom. The third kappa shape index (κ3) is 4.83. The molecular formula is C18H19NO7S. The van der Waals surface area contributed by atoms with Crippen molar-refractivity contribution in [3.05, 3.63) is 54.6 Å². The number of carboxylic acid groups (broad SMARTS) is 1. The number of carboxylic acids is 1. The van der Waals surface area contributed by atoms with E-state index in [2.05, 4.69) is 0 Å². The average molecular weight is 393 g/mol. The molecule has 1 unspecified atom stereocenters. The molecule has 0 heterocycles. The second-order valence-corrected chi connectivity index (χ2v) is 7.83. The highest BCUT2D eigenvalue weighted by molar-refractivity contribution is 7.91. The van der Waals surface area contributed by atoms with E-state index in [1.165, 1.54) is 43.5 Å². The lowest BCUT2D eigenvalue weighted by Crippen LogP contribution is -2.53. The fourth-order valence-electron chi connectivity index (χ4n) is 2.45. The van der Waals surface area contributed by atoms with Gasteiger partial charge in [0.1, 0.15) is 5.75 Å². The number of aliphatic carboxylic acids is 1. The van der Waals surface area contributed by atoms with Gasteiger partial charge in [-0.2, -0.15) is 0 Å². The van der Waals surface area contributed by atoms with E-state index in [4.69, 9.17) is 4.74 Å². The predicted octanol–water partition coefficient (Wildman–Crippen LogP) is 0.948. The van der Waals surface area contributed by atoms with Crippen molar-refractivity contribution in [2.75, 3.05) is 24.3 Å². The number of sulfone groups is 1. The van der Waals surface area contributed by atoms with Crippen LogP contribution < -0.4 is 9.64 Å². The van der Waals surface area contributed by atoms with E-state index in [9.17, 15) is 28.2 Å². The molecule has 0 saturated heterocycles. The maximum atomic E-state index is 12.6. The first-order valence-electron chi connectivity index (χ1n) is 7.81. The summed E-state index contributed by atoms with van der Waals surface area (Å²) in [5, 5.41) is 20.0. The van der Waals surface area contributed by atoms with Gasteiger partial charge in [-0.25, -0.2) is 13.2 Å². The Kier molecular flexibility index (Phi) is 6.19. The van der Waals surface area contributed by atoms with Crippen LogP contribution in [0.1, 0.15) is 0 Å². The topological polar surface area (TPSA) is 121 Å². The fourth-order valence-corrected chi connectivity index (χ4v) is 4.01. The lowest BCUT2D eigenvalue weighted by molar-refractivity contribution is -0.155. The highest BCUT2D eigenvalue weighted by Gasteiger charge is 2.43. The van der Waals surface area contributed by atoms with Crippen LogP contribution in [0.3, 0.4) is 0 Å². The van der Waals surface area contributed by atoms with Gasteiger partial charge in [0.15, 0.2) is 15.4 Å². The number of amides is 1. The van der Waals surface area contributed by atoms with Crippen molar-refractivity contribution in [3.63, 3.8) is 0 Å². The zero-order valence-corrected chi connectivity index (χ0v) is 15.3. The number of anilines is 1. The second-order valence-electron chi connectivity index (χ2n) is 5.84. The third-order valence-electron chi connectivity index (χ3n) is 3.89. The minimum atomic E-state index is -4.15. The van der Waals surface area contributed by atoms with Crippen LogP contribution in [-0.2, 0) is 19.4 Å². The van der Waals surface area contributed by atoms with Crippen molar-refractivity contribution in [1.29, 1.82) is 0 Å². The van der Waals surface area contributed by atoms with Crippen LogP contribution in [-0.4, -0.2) is 56.0 Å². The molecular weight excluding hydrogens is 374 g/mol. The summed E-state index contributed by atoms with van der Waals surface area (Å²) in [6.45, 7) is -0.731. The fraction of sp³-hybridized carbons (Fsp3) is 0.222. The number of aliphatic hydroxyl groups is 1. The second kappa shape index (κ2) is 8.19. The zero-order chi connectivity index (χ0) is 20.1. The predicted molar refractivity (Wildman–Crippen MR) is 97.5 cm³/mol. The third-order valence-corrected chi connectivity index (χ3v) is 5.74. The van der Waals surface area contributed by atoms with Crippen molar-refractivity contribution in [1.82, 2.24) is 0 Å². The van der Waals surface area contributed by atoms with Gasteiger partial charge in [-0.3, -0.25) is 4.79 Å². The first-order chi connectivity index (χ1) is 12.7. The molecule has 0 radical (unpaired) electrons. The Balaban J connectivity index is 2.31. The molecule has 8 nitrogen and oxygen atoms in total. The Morgan fingerprint density at radius 3 is 2.22 bits per heavy atom. The summed E-state index contributed by atoms with van der Waals surface area (Å²) in [4.78, 5) is 23.8. The number of methoxy groups -OCH3 is 1. The van der Waals surface area contributed by atoms with E-state index in [0.717, 1.165) is 4.90 Å².